The number of ether oxygens (including phenoxy) is 2. The second-order valence-electron chi connectivity index (χ2n) is 5.40. The fourth-order valence-corrected chi connectivity index (χ4v) is 1.76. The molecule has 1 aromatic rings. The van der Waals surface area contributed by atoms with E-state index in [1.807, 2.05) is 18.2 Å². The molecule has 3 heteroatoms. The molecule has 17 heavy (non-hydrogen) atoms. The third kappa shape index (κ3) is 3.93. The Morgan fingerprint density at radius 1 is 1.12 bits per heavy atom. The lowest BCUT2D eigenvalue weighted by Gasteiger charge is -2.23. The molecule has 0 aliphatic heterocycles. The van der Waals surface area contributed by atoms with Crippen molar-refractivity contribution in [2.24, 2.45) is 5.41 Å². The minimum absolute atomic E-state index is 0.0899. The van der Waals surface area contributed by atoms with Crippen LogP contribution in [0.4, 0.5) is 0 Å². The smallest absolute Gasteiger partial charge is 0.161 e. The van der Waals surface area contributed by atoms with Crippen molar-refractivity contribution >= 4 is 0 Å². The monoisotopic (exact) mass is 238 g/mol. The SMILES string of the molecule is COc1ccc(C(O)CC(C)(C)C)cc1OC. The highest BCUT2D eigenvalue weighted by Crippen LogP contribution is 2.34. The van der Waals surface area contributed by atoms with Crippen LogP contribution in [0, 0.1) is 5.41 Å². The summed E-state index contributed by atoms with van der Waals surface area (Å²) in [4.78, 5) is 0. The minimum atomic E-state index is -0.477. The molecule has 0 radical (unpaired) electrons. The highest BCUT2D eigenvalue weighted by molar-refractivity contribution is 5.43. The number of aliphatic hydroxyl groups excluding tert-OH is 1. The molecule has 0 heterocycles. The van der Waals surface area contributed by atoms with Gasteiger partial charge in [0.05, 0.1) is 20.3 Å². The lowest BCUT2D eigenvalue weighted by atomic mass is 9.87. The van der Waals surface area contributed by atoms with Crippen LogP contribution in [0.1, 0.15) is 38.9 Å². The van der Waals surface area contributed by atoms with Gasteiger partial charge in [0.15, 0.2) is 11.5 Å². The van der Waals surface area contributed by atoms with Crippen LogP contribution < -0.4 is 9.47 Å². The Morgan fingerprint density at radius 3 is 2.18 bits per heavy atom. The van der Waals surface area contributed by atoms with Gasteiger partial charge in [0, 0.05) is 0 Å². The number of methoxy groups -OCH3 is 2. The Morgan fingerprint density at radius 2 is 1.71 bits per heavy atom. The molecule has 1 unspecified atom stereocenters. The molecular weight excluding hydrogens is 216 g/mol. The maximum absolute atomic E-state index is 10.1. The molecule has 1 N–H and O–H groups in total. The molecule has 0 spiro atoms. The summed E-state index contributed by atoms with van der Waals surface area (Å²) in [5.74, 6) is 1.33. The first kappa shape index (κ1) is 13.8. The lowest BCUT2D eigenvalue weighted by molar-refractivity contribution is 0.122. The third-order valence-corrected chi connectivity index (χ3v) is 2.60. The summed E-state index contributed by atoms with van der Waals surface area (Å²) in [6.45, 7) is 6.32. The molecule has 0 aliphatic carbocycles. The van der Waals surface area contributed by atoms with E-state index in [0.717, 1.165) is 5.56 Å². The third-order valence-electron chi connectivity index (χ3n) is 2.60. The van der Waals surface area contributed by atoms with Crippen molar-refractivity contribution in [3.05, 3.63) is 23.8 Å². The number of hydrogen-bond donors (Lipinski definition) is 1. The van der Waals surface area contributed by atoms with Crippen molar-refractivity contribution in [3.63, 3.8) is 0 Å². The van der Waals surface area contributed by atoms with Crippen LogP contribution in [0.15, 0.2) is 18.2 Å². The minimum Gasteiger partial charge on any atom is -0.493 e. The van der Waals surface area contributed by atoms with Gasteiger partial charge in [0.2, 0.25) is 0 Å². The summed E-state index contributed by atoms with van der Waals surface area (Å²) in [5.41, 5.74) is 0.949. The molecule has 1 atom stereocenters. The first-order valence-corrected chi connectivity index (χ1v) is 5.77. The molecule has 0 bridgehead atoms. The standard InChI is InChI=1S/C14H22O3/c1-14(2,3)9-11(15)10-6-7-12(16-4)13(8-10)17-5/h6-8,11,15H,9H2,1-5H3. The van der Waals surface area contributed by atoms with Gasteiger partial charge < -0.3 is 14.6 Å². The van der Waals surface area contributed by atoms with Gasteiger partial charge in [-0.2, -0.15) is 0 Å². The van der Waals surface area contributed by atoms with Crippen molar-refractivity contribution in [2.75, 3.05) is 14.2 Å². The van der Waals surface area contributed by atoms with Gasteiger partial charge in [-0.05, 0) is 29.5 Å². The first-order chi connectivity index (χ1) is 7.87. The lowest BCUT2D eigenvalue weighted by Crippen LogP contribution is -2.11. The van der Waals surface area contributed by atoms with Crippen LogP contribution in [0.5, 0.6) is 11.5 Å². The van der Waals surface area contributed by atoms with Gasteiger partial charge in [-0.15, -0.1) is 0 Å². The molecule has 96 valence electrons. The van der Waals surface area contributed by atoms with Crippen LogP contribution in [0.25, 0.3) is 0 Å². The molecular formula is C14H22O3. The van der Waals surface area contributed by atoms with E-state index in [-0.39, 0.29) is 5.41 Å². The Balaban J connectivity index is 2.92. The Hall–Kier alpha value is -1.22. The quantitative estimate of drug-likeness (QED) is 0.875. The van der Waals surface area contributed by atoms with Crippen LogP contribution in [0.3, 0.4) is 0 Å². The van der Waals surface area contributed by atoms with E-state index < -0.39 is 6.10 Å². The largest absolute Gasteiger partial charge is 0.493 e. The summed E-state index contributed by atoms with van der Waals surface area (Å²) in [6.07, 6.45) is 0.234. The van der Waals surface area contributed by atoms with E-state index in [1.165, 1.54) is 0 Å². The molecule has 0 aromatic heterocycles. The van der Waals surface area contributed by atoms with Gasteiger partial charge in [0.1, 0.15) is 0 Å². The summed E-state index contributed by atoms with van der Waals surface area (Å²) >= 11 is 0. The zero-order valence-electron chi connectivity index (χ0n) is 11.3. The average molecular weight is 238 g/mol. The molecule has 1 aromatic carbocycles. The molecule has 0 saturated heterocycles. The average Bonchev–Trinajstić information content (AvgIpc) is 2.25. The predicted octanol–water partition coefficient (Wildman–Crippen LogP) is 3.17. The number of rotatable bonds is 4. The topological polar surface area (TPSA) is 38.7 Å². The van der Waals surface area contributed by atoms with E-state index in [2.05, 4.69) is 20.8 Å². The second kappa shape index (κ2) is 5.41. The predicted molar refractivity (Wildman–Crippen MR) is 68.6 cm³/mol. The summed E-state index contributed by atoms with van der Waals surface area (Å²) < 4.78 is 10.4. The Labute approximate surface area is 103 Å². The van der Waals surface area contributed by atoms with Crippen molar-refractivity contribution in [3.8, 4) is 11.5 Å². The van der Waals surface area contributed by atoms with E-state index in [9.17, 15) is 5.11 Å². The van der Waals surface area contributed by atoms with Crippen LogP contribution >= 0.6 is 0 Å². The van der Waals surface area contributed by atoms with Gasteiger partial charge in [-0.1, -0.05) is 26.8 Å². The van der Waals surface area contributed by atoms with Crippen molar-refractivity contribution in [2.45, 2.75) is 33.3 Å². The maximum Gasteiger partial charge on any atom is 0.161 e. The van der Waals surface area contributed by atoms with Gasteiger partial charge in [-0.3, -0.25) is 0 Å². The second-order valence-corrected chi connectivity index (χ2v) is 5.40. The van der Waals surface area contributed by atoms with Gasteiger partial charge in [0.25, 0.3) is 0 Å². The summed E-state index contributed by atoms with van der Waals surface area (Å²) in [6, 6.07) is 5.52. The normalized spacial score (nSPS) is 13.3. The highest BCUT2D eigenvalue weighted by Gasteiger charge is 2.19. The molecule has 0 amide bonds. The van der Waals surface area contributed by atoms with E-state index in [4.69, 9.17) is 9.47 Å². The zero-order valence-corrected chi connectivity index (χ0v) is 11.3. The van der Waals surface area contributed by atoms with Gasteiger partial charge in [-0.25, -0.2) is 0 Å². The van der Waals surface area contributed by atoms with E-state index >= 15 is 0 Å². The van der Waals surface area contributed by atoms with E-state index in [0.29, 0.717) is 17.9 Å². The number of benzene rings is 1. The highest BCUT2D eigenvalue weighted by atomic mass is 16.5. The fourth-order valence-electron chi connectivity index (χ4n) is 1.76. The van der Waals surface area contributed by atoms with Crippen LogP contribution in [-0.4, -0.2) is 19.3 Å². The number of hydrogen-bond acceptors (Lipinski definition) is 3. The summed E-state index contributed by atoms with van der Waals surface area (Å²) in [7, 11) is 3.20. The first-order valence-electron chi connectivity index (χ1n) is 5.77. The Bertz CT molecular complexity index is 366. The van der Waals surface area contributed by atoms with E-state index in [1.54, 1.807) is 14.2 Å². The zero-order chi connectivity index (χ0) is 13.1. The van der Waals surface area contributed by atoms with Crippen molar-refractivity contribution in [1.29, 1.82) is 0 Å². The molecule has 3 nitrogen and oxygen atoms in total. The van der Waals surface area contributed by atoms with Crippen molar-refractivity contribution in [1.82, 2.24) is 0 Å². The molecule has 0 aliphatic rings. The fraction of sp³-hybridized carbons (Fsp3) is 0.571. The number of aliphatic hydroxyl groups is 1. The Kier molecular flexibility index (Phi) is 4.40. The van der Waals surface area contributed by atoms with Crippen LogP contribution in [-0.2, 0) is 0 Å². The van der Waals surface area contributed by atoms with Crippen LogP contribution in [0.2, 0.25) is 0 Å². The van der Waals surface area contributed by atoms with Crippen molar-refractivity contribution < 1.29 is 14.6 Å². The van der Waals surface area contributed by atoms with Gasteiger partial charge >= 0.3 is 0 Å². The molecule has 0 saturated carbocycles. The molecule has 0 fully saturated rings. The summed E-state index contributed by atoms with van der Waals surface area (Å²) in [5, 5.41) is 10.1. The molecule has 1 rings (SSSR count). The maximum atomic E-state index is 10.1.